The number of alkyl halides is 4. The van der Waals surface area contributed by atoms with Gasteiger partial charge in [-0.1, -0.05) is 52.9 Å². The predicted octanol–water partition coefficient (Wildman–Crippen LogP) is 2.52. The van der Waals surface area contributed by atoms with Crippen LogP contribution in [-0.2, 0) is 19.6 Å². The lowest BCUT2D eigenvalue weighted by molar-refractivity contribution is -0.214. The monoisotopic (exact) mass is 438 g/mol. The van der Waals surface area contributed by atoms with Crippen LogP contribution in [0, 0.1) is 0 Å². The van der Waals surface area contributed by atoms with E-state index in [4.69, 9.17) is 4.55 Å². The summed E-state index contributed by atoms with van der Waals surface area (Å²) < 4.78 is 70.7. The number of carbonyl (C=O) groups excluding carboxylic acids is 1. The maximum atomic E-state index is 12.6. The van der Waals surface area contributed by atoms with E-state index < -0.39 is 38.0 Å². The first-order valence-corrected chi connectivity index (χ1v) is 8.27. The summed E-state index contributed by atoms with van der Waals surface area (Å²) in [7, 11) is -4.94. The fourth-order valence-electron chi connectivity index (χ4n) is 1.34. The van der Waals surface area contributed by atoms with Crippen molar-refractivity contribution < 1.29 is 35.7 Å². The molecule has 10 heteroatoms. The maximum absolute atomic E-state index is 12.6. The van der Waals surface area contributed by atoms with Crippen molar-refractivity contribution in [3.8, 4) is 0 Å². The average molecular weight is 438 g/mol. The molecule has 0 heterocycles. The zero-order valence-corrected chi connectivity index (χ0v) is 13.2. The predicted molar refractivity (Wildman–Crippen MR) is 75.6 cm³/mol. The minimum absolute atomic E-state index is 0.413. The van der Waals surface area contributed by atoms with Crippen LogP contribution in [0.5, 0.6) is 0 Å². The van der Waals surface area contributed by atoms with E-state index in [1.54, 1.807) is 40.8 Å². The Morgan fingerprint density at radius 1 is 1.29 bits per heavy atom. The van der Waals surface area contributed by atoms with Gasteiger partial charge in [0.25, 0.3) is 10.1 Å². The van der Waals surface area contributed by atoms with Crippen molar-refractivity contribution in [2.24, 2.45) is 0 Å². The minimum Gasteiger partial charge on any atom is -0.450 e. The number of rotatable bonds is 5. The molecule has 0 aromatic heterocycles. The van der Waals surface area contributed by atoms with Crippen LogP contribution in [0.25, 0.3) is 0 Å². The molecule has 1 rings (SSSR count). The van der Waals surface area contributed by atoms with Gasteiger partial charge in [0.1, 0.15) is 9.68 Å². The highest BCUT2D eigenvalue weighted by Crippen LogP contribution is 2.29. The molecule has 1 aromatic rings. The van der Waals surface area contributed by atoms with Crippen molar-refractivity contribution in [2.75, 3.05) is 5.75 Å². The van der Waals surface area contributed by atoms with Gasteiger partial charge in [-0.15, -0.1) is 0 Å². The zero-order valence-electron chi connectivity index (χ0n) is 10.2. The van der Waals surface area contributed by atoms with Gasteiger partial charge in [-0.2, -0.15) is 21.6 Å². The van der Waals surface area contributed by atoms with E-state index in [-0.39, 0.29) is 0 Å². The first-order valence-electron chi connectivity index (χ1n) is 5.42. The van der Waals surface area contributed by atoms with Gasteiger partial charge in [0.05, 0.1) is 0 Å². The summed E-state index contributed by atoms with van der Waals surface area (Å²) in [4.78, 5) is 11.7. The fourth-order valence-corrected chi connectivity index (χ4v) is 2.55. The van der Waals surface area contributed by atoms with Gasteiger partial charge in [-0.3, -0.25) is 9.35 Å². The molecule has 0 aliphatic rings. The summed E-state index contributed by atoms with van der Waals surface area (Å²) in [5.74, 6) is -2.98. The maximum Gasteiger partial charge on any atom is 0.426 e. The van der Waals surface area contributed by atoms with Crippen LogP contribution in [0.3, 0.4) is 0 Å². The molecule has 0 spiro atoms. The summed E-state index contributed by atoms with van der Waals surface area (Å²) in [6.45, 7) is 0. The Labute approximate surface area is 132 Å². The van der Waals surface area contributed by atoms with Crippen LogP contribution in [0.2, 0.25) is 0 Å². The van der Waals surface area contributed by atoms with Crippen molar-refractivity contribution in [3.05, 3.63) is 35.9 Å². The molecule has 0 aliphatic carbocycles. The number of hydrogen-bond donors (Lipinski definition) is 1. The smallest absolute Gasteiger partial charge is 0.426 e. The molecule has 5 nitrogen and oxygen atoms in total. The molecular weight excluding hydrogens is 428 g/mol. The Hall–Kier alpha value is -0.880. The van der Waals surface area contributed by atoms with Crippen LogP contribution < -0.4 is 0 Å². The van der Waals surface area contributed by atoms with E-state index in [1.165, 1.54) is 12.1 Å². The highest BCUT2D eigenvalue weighted by atomic mass is 127. The summed E-state index contributed by atoms with van der Waals surface area (Å²) >= 11 is 1.58. The van der Waals surface area contributed by atoms with Crippen molar-refractivity contribution in [3.63, 3.8) is 0 Å². The van der Waals surface area contributed by atoms with E-state index in [0.29, 0.717) is 5.56 Å². The van der Waals surface area contributed by atoms with E-state index in [2.05, 4.69) is 4.74 Å². The van der Waals surface area contributed by atoms with Crippen LogP contribution >= 0.6 is 22.6 Å². The van der Waals surface area contributed by atoms with Gasteiger partial charge >= 0.3 is 12.1 Å². The lowest BCUT2D eigenvalue weighted by atomic mass is 10.1. The van der Waals surface area contributed by atoms with Crippen LogP contribution in [0.4, 0.5) is 13.2 Å². The Bertz CT molecular complexity index is 588. The topological polar surface area (TPSA) is 80.7 Å². The molecule has 0 radical (unpaired) electrons. The standard InChI is InChI=1S/C11H10F3IO5S/c12-11(13,14)8(6-21(17,18)19)20-10(16)9(15)7-4-2-1-3-5-7/h1-5,8-9H,6H2,(H,17,18,19). The number of ether oxygens (including phenoxy) is 1. The SMILES string of the molecule is O=C(OC(CS(=O)(=O)O)C(F)(F)F)C(I)c1ccccc1. The molecule has 21 heavy (non-hydrogen) atoms. The number of esters is 1. The molecule has 2 unspecified atom stereocenters. The molecule has 0 fully saturated rings. The normalized spacial score (nSPS) is 15.3. The molecule has 0 bridgehead atoms. The van der Waals surface area contributed by atoms with E-state index >= 15 is 0 Å². The molecule has 0 amide bonds. The highest BCUT2D eigenvalue weighted by molar-refractivity contribution is 14.1. The molecule has 0 aliphatic heterocycles. The van der Waals surface area contributed by atoms with Crippen molar-refractivity contribution in [1.29, 1.82) is 0 Å². The summed E-state index contributed by atoms with van der Waals surface area (Å²) in [5, 5.41) is 0. The van der Waals surface area contributed by atoms with Crippen LogP contribution in [0.1, 0.15) is 9.49 Å². The number of halogens is 4. The van der Waals surface area contributed by atoms with Gasteiger partial charge < -0.3 is 4.74 Å². The fraction of sp³-hybridized carbons (Fsp3) is 0.364. The van der Waals surface area contributed by atoms with Crippen molar-refractivity contribution in [1.82, 2.24) is 0 Å². The van der Waals surface area contributed by atoms with E-state index in [1.807, 2.05) is 0 Å². The molecule has 0 saturated carbocycles. The van der Waals surface area contributed by atoms with Crippen LogP contribution in [-0.4, -0.2) is 37.0 Å². The molecule has 0 saturated heterocycles. The van der Waals surface area contributed by atoms with Crippen molar-refractivity contribution in [2.45, 2.75) is 16.2 Å². The molecule has 1 aromatic carbocycles. The summed E-state index contributed by atoms with van der Waals surface area (Å²) in [6.07, 6.45) is -8.01. The van der Waals surface area contributed by atoms with E-state index in [0.717, 1.165) is 0 Å². The van der Waals surface area contributed by atoms with Crippen LogP contribution in [0.15, 0.2) is 30.3 Å². The van der Waals surface area contributed by atoms with E-state index in [9.17, 15) is 26.4 Å². The third-order valence-corrected chi connectivity index (χ3v) is 4.24. The Balaban J connectivity index is 2.86. The largest absolute Gasteiger partial charge is 0.450 e. The van der Waals surface area contributed by atoms with Gasteiger partial charge in [-0.05, 0) is 5.56 Å². The van der Waals surface area contributed by atoms with Gasteiger partial charge in [0, 0.05) is 0 Å². The summed E-state index contributed by atoms with van der Waals surface area (Å²) in [6, 6.07) is 7.88. The second-order valence-electron chi connectivity index (χ2n) is 3.99. The quantitative estimate of drug-likeness (QED) is 0.331. The third-order valence-electron chi connectivity index (χ3n) is 2.28. The Morgan fingerprint density at radius 2 is 1.81 bits per heavy atom. The first-order chi connectivity index (χ1) is 9.50. The number of hydrogen-bond acceptors (Lipinski definition) is 4. The lowest BCUT2D eigenvalue weighted by Crippen LogP contribution is -2.40. The van der Waals surface area contributed by atoms with Gasteiger partial charge in [0.2, 0.25) is 6.10 Å². The highest BCUT2D eigenvalue weighted by Gasteiger charge is 2.46. The number of carbonyl (C=O) groups is 1. The minimum atomic E-state index is -5.10. The zero-order chi connectivity index (χ0) is 16.3. The van der Waals surface area contributed by atoms with Crippen molar-refractivity contribution >= 4 is 38.7 Å². The average Bonchev–Trinajstić information content (AvgIpc) is 2.35. The number of benzene rings is 1. The molecule has 2 atom stereocenters. The third kappa shape index (κ3) is 6.18. The summed E-state index contributed by atoms with van der Waals surface area (Å²) in [5.41, 5.74) is 0.413. The Morgan fingerprint density at radius 3 is 2.24 bits per heavy atom. The lowest BCUT2D eigenvalue weighted by Gasteiger charge is -2.21. The molecule has 1 N–H and O–H groups in total. The first kappa shape index (κ1) is 18.2. The molecule has 118 valence electrons. The Kier molecular flexibility index (Phi) is 5.99. The second kappa shape index (κ2) is 6.92. The second-order valence-corrected chi connectivity index (χ2v) is 6.73. The van der Waals surface area contributed by atoms with Gasteiger partial charge in [0.15, 0.2) is 0 Å². The molecular formula is C11H10F3IO5S. The van der Waals surface area contributed by atoms with Gasteiger partial charge in [-0.25, -0.2) is 0 Å².